The van der Waals surface area contributed by atoms with Gasteiger partial charge in [-0.2, -0.15) is 0 Å². The minimum atomic E-state index is -0.0809. The Hall–Kier alpha value is -1.61. The number of carbonyl (C=O) groups excluding carboxylic acids is 1. The van der Waals surface area contributed by atoms with Crippen LogP contribution < -0.4 is 10.6 Å². The summed E-state index contributed by atoms with van der Waals surface area (Å²) in [5, 5.41) is 6.31. The van der Waals surface area contributed by atoms with Crippen LogP contribution in [0.25, 0.3) is 0 Å². The number of anilines is 1. The van der Waals surface area contributed by atoms with Crippen molar-refractivity contribution in [1.29, 1.82) is 0 Å². The van der Waals surface area contributed by atoms with Gasteiger partial charge in [0, 0.05) is 5.69 Å². The van der Waals surface area contributed by atoms with Crippen molar-refractivity contribution in [2.75, 3.05) is 11.9 Å². The standard InChI is InChI=1S/C15H20N2O/c1-2-3-6-11-16-14-10-9-12-7-4-5-8-13(12)17-15(14)18/h2-5,7-8,14,16H,6,9-11H2,1H3,(H,17,18)/b3-2+. The van der Waals surface area contributed by atoms with Crippen molar-refractivity contribution in [2.24, 2.45) is 0 Å². The number of amides is 1. The molecule has 1 unspecified atom stereocenters. The molecule has 0 saturated carbocycles. The minimum absolute atomic E-state index is 0.0809. The second kappa shape index (κ2) is 6.36. The number of para-hydroxylation sites is 1. The van der Waals surface area contributed by atoms with E-state index in [2.05, 4.69) is 22.8 Å². The van der Waals surface area contributed by atoms with Crippen LogP contribution in [0.2, 0.25) is 0 Å². The van der Waals surface area contributed by atoms with Crippen LogP contribution in [0.3, 0.4) is 0 Å². The van der Waals surface area contributed by atoms with E-state index in [0.717, 1.165) is 31.5 Å². The van der Waals surface area contributed by atoms with E-state index < -0.39 is 0 Å². The van der Waals surface area contributed by atoms with Crippen molar-refractivity contribution in [3.63, 3.8) is 0 Å². The van der Waals surface area contributed by atoms with Gasteiger partial charge in [-0.3, -0.25) is 4.79 Å². The van der Waals surface area contributed by atoms with Gasteiger partial charge in [-0.25, -0.2) is 0 Å². The molecule has 0 aromatic heterocycles. The van der Waals surface area contributed by atoms with Crippen LogP contribution in [0.4, 0.5) is 5.69 Å². The van der Waals surface area contributed by atoms with E-state index in [-0.39, 0.29) is 11.9 Å². The van der Waals surface area contributed by atoms with E-state index in [9.17, 15) is 4.79 Å². The monoisotopic (exact) mass is 244 g/mol. The Bertz CT molecular complexity index is 440. The maximum absolute atomic E-state index is 12.0. The molecule has 3 nitrogen and oxygen atoms in total. The number of fused-ring (bicyclic) bond motifs is 1. The third-order valence-corrected chi connectivity index (χ3v) is 3.23. The van der Waals surface area contributed by atoms with E-state index in [4.69, 9.17) is 0 Å². The first kappa shape index (κ1) is 12.8. The molecule has 1 aliphatic heterocycles. The number of benzene rings is 1. The van der Waals surface area contributed by atoms with Gasteiger partial charge < -0.3 is 10.6 Å². The van der Waals surface area contributed by atoms with Crippen LogP contribution in [0.1, 0.15) is 25.3 Å². The highest BCUT2D eigenvalue weighted by molar-refractivity contribution is 5.96. The number of hydrogen-bond acceptors (Lipinski definition) is 2. The summed E-state index contributed by atoms with van der Waals surface area (Å²) in [7, 11) is 0. The molecule has 1 aromatic carbocycles. The normalized spacial score (nSPS) is 19.4. The second-order valence-electron chi connectivity index (χ2n) is 4.55. The lowest BCUT2D eigenvalue weighted by atomic mass is 10.1. The summed E-state index contributed by atoms with van der Waals surface area (Å²) in [6, 6.07) is 7.94. The van der Waals surface area contributed by atoms with Gasteiger partial charge in [0.05, 0.1) is 6.04 Å². The van der Waals surface area contributed by atoms with Crippen molar-refractivity contribution < 1.29 is 4.79 Å². The first-order valence-electron chi connectivity index (χ1n) is 6.54. The van der Waals surface area contributed by atoms with Crippen LogP contribution in [-0.2, 0) is 11.2 Å². The lowest BCUT2D eigenvalue weighted by Gasteiger charge is -2.14. The molecule has 0 fully saturated rings. The molecule has 0 spiro atoms. The molecule has 2 N–H and O–H groups in total. The summed E-state index contributed by atoms with van der Waals surface area (Å²) in [6.45, 7) is 2.85. The van der Waals surface area contributed by atoms with E-state index in [1.54, 1.807) is 0 Å². The van der Waals surface area contributed by atoms with E-state index in [1.165, 1.54) is 5.56 Å². The fraction of sp³-hybridized carbons (Fsp3) is 0.400. The molecule has 2 rings (SSSR count). The van der Waals surface area contributed by atoms with Crippen LogP contribution in [0.15, 0.2) is 36.4 Å². The van der Waals surface area contributed by atoms with Crippen LogP contribution in [-0.4, -0.2) is 18.5 Å². The van der Waals surface area contributed by atoms with Gasteiger partial charge in [-0.05, 0) is 44.4 Å². The molecule has 1 amide bonds. The van der Waals surface area contributed by atoms with Crippen LogP contribution >= 0.6 is 0 Å². The molecular formula is C15H20N2O. The molecule has 3 heteroatoms. The Balaban J connectivity index is 1.95. The lowest BCUT2D eigenvalue weighted by molar-refractivity contribution is -0.118. The first-order chi connectivity index (χ1) is 8.81. The number of carbonyl (C=O) groups is 1. The van der Waals surface area contributed by atoms with Crippen LogP contribution in [0.5, 0.6) is 0 Å². The van der Waals surface area contributed by atoms with Crippen molar-refractivity contribution in [2.45, 2.75) is 32.2 Å². The minimum Gasteiger partial charge on any atom is -0.324 e. The predicted octanol–water partition coefficient (Wildman–Crippen LogP) is 2.50. The fourth-order valence-corrected chi connectivity index (χ4v) is 2.21. The Morgan fingerprint density at radius 1 is 1.44 bits per heavy atom. The zero-order valence-corrected chi connectivity index (χ0v) is 10.8. The molecule has 96 valence electrons. The summed E-state index contributed by atoms with van der Waals surface area (Å²) >= 11 is 0. The highest BCUT2D eigenvalue weighted by atomic mass is 16.2. The largest absolute Gasteiger partial charge is 0.324 e. The summed E-state index contributed by atoms with van der Waals surface area (Å²) in [6.07, 6.45) is 6.91. The van der Waals surface area contributed by atoms with E-state index in [1.807, 2.05) is 31.2 Å². The number of hydrogen-bond donors (Lipinski definition) is 2. The fourth-order valence-electron chi connectivity index (χ4n) is 2.21. The molecular weight excluding hydrogens is 224 g/mol. The van der Waals surface area contributed by atoms with Gasteiger partial charge in [0.15, 0.2) is 0 Å². The van der Waals surface area contributed by atoms with Crippen molar-refractivity contribution in [3.8, 4) is 0 Å². The van der Waals surface area contributed by atoms with Crippen LogP contribution in [0, 0.1) is 0 Å². The number of nitrogens with one attached hydrogen (secondary N) is 2. The summed E-state index contributed by atoms with van der Waals surface area (Å²) in [5.74, 6) is 0.0837. The van der Waals surface area contributed by atoms with Crippen molar-refractivity contribution in [1.82, 2.24) is 5.32 Å². The summed E-state index contributed by atoms with van der Waals surface area (Å²) in [5.41, 5.74) is 2.18. The smallest absolute Gasteiger partial charge is 0.241 e. The Morgan fingerprint density at radius 2 is 2.28 bits per heavy atom. The van der Waals surface area contributed by atoms with Gasteiger partial charge in [0.1, 0.15) is 0 Å². The predicted molar refractivity (Wildman–Crippen MR) is 74.6 cm³/mol. The topological polar surface area (TPSA) is 41.1 Å². The third-order valence-electron chi connectivity index (χ3n) is 3.23. The highest BCUT2D eigenvalue weighted by Crippen LogP contribution is 2.21. The number of aryl methyl sites for hydroxylation is 1. The average molecular weight is 244 g/mol. The zero-order chi connectivity index (χ0) is 12.8. The van der Waals surface area contributed by atoms with Gasteiger partial charge in [-0.1, -0.05) is 30.4 Å². The van der Waals surface area contributed by atoms with Gasteiger partial charge in [0.25, 0.3) is 0 Å². The van der Waals surface area contributed by atoms with Crippen molar-refractivity contribution >= 4 is 11.6 Å². The third kappa shape index (κ3) is 3.20. The Morgan fingerprint density at radius 3 is 3.11 bits per heavy atom. The van der Waals surface area contributed by atoms with E-state index >= 15 is 0 Å². The molecule has 0 radical (unpaired) electrons. The molecule has 18 heavy (non-hydrogen) atoms. The zero-order valence-electron chi connectivity index (χ0n) is 10.8. The van der Waals surface area contributed by atoms with Gasteiger partial charge in [0.2, 0.25) is 5.91 Å². The molecule has 1 atom stereocenters. The maximum atomic E-state index is 12.0. The second-order valence-corrected chi connectivity index (χ2v) is 4.55. The van der Waals surface area contributed by atoms with Gasteiger partial charge >= 0.3 is 0 Å². The number of allylic oxidation sites excluding steroid dienone is 1. The summed E-state index contributed by atoms with van der Waals surface area (Å²) in [4.78, 5) is 12.0. The lowest BCUT2D eigenvalue weighted by Crippen LogP contribution is -2.40. The van der Waals surface area contributed by atoms with Gasteiger partial charge in [-0.15, -0.1) is 0 Å². The van der Waals surface area contributed by atoms with Crippen molar-refractivity contribution in [3.05, 3.63) is 42.0 Å². The average Bonchev–Trinajstić information content (AvgIpc) is 2.54. The molecule has 0 saturated heterocycles. The highest BCUT2D eigenvalue weighted by Gasteiger charge is 2.22. The Kier molecular flexibility index (Phi) is 4.53. The summed E-state index contributed by atoms with van der Waals surface area (Å²) < 4.78 is 0. The molecule has 0 aliphatic carbocycles. The quantitative estimate of drug-likeness (QED) is 0.631. The maximum Gasteiger partial charge on any atom is 0.241 e. The Labute approximate surface area is 108 Å². The molecule has 1 aliphatic rings. The van der Waals surface area contributed by atoms with E-state index in [0.29, 0.717) is 0 Å². The number of rotatable bonds is 4. The first-order valence-corrected chi connectivity index (χ1v) is 6.54. The SMILES string of the molecule is C/C=C/CCNC1CCc2ccccc2NC1=O. The molecule has 1 aromatic rings. The molecule has 1 heterocycles. The molecule has 0 bridgehead atoms.